The zero-order valence-corrected chi connectivity index (χ0v) is 44.5. The first-order chi connectivity index (χ1) is 32.4. The number of thiol groups is 1. The van der Waals surface area contributed by atoms with Crippen LogP contribution < -0.4 is 0 Å². The third-order valence-corrected chi connectivity index (χ3v) is 16.0. The Bertz CT molecular complexity index is 3470. The summed E-state index contributed by atoms with van der Waals surface area (Å²) in [6.45, 7) is 33.1. The van der Waals surface area contributed by atoms with Gasteiger partial charge in [-0.1, -0.05) is 200 Å². The molecule has 0 saturated carbocycles. The second kappa shape index (κ2) is 16.3. The number of fused-ring (bicyclic) bond motifs is 3. The molecular formula is C68H70S. The number of benzene rings is 9. The Morgan fingerprint density at radius 3 is 1.16 bits per heavy atom. The molecule has 9 aromatic rings. The van der Waals surface area contributed by atoms with E-state index >= 15 is 0 Å². The van der Waals surface area contributed by atoms with E-state index in [2.05, 4.69) is 243 Å². The van der Waals surface area contributed by atoms with E-state index in [0.29, 0.717) is 0 Å². The Morgan fingerprint density at radius 2 is 0.725 bits per heavy atom. The maximum Gasteiger partial charge on any atom is 0.0185 e. The van der Waals surface area contributed by atoms with Crippen molar-refractivity contribution in [1.82, 2.24) is 0 Å². The normalized spacial score (nSPS) is 15.3. The van der Waals surface area contributed by atoms with Crippen LogP contribution in [0.4, 0.5) is 0 Å². The van der Waals surface area contributed by atoms with Gasteiger partial charge in [0.2, 0.25) is 0 Å². The smallest absolute Gasteiger partial charge is 0.0185 e. The topological polar surface area (TPSA) is 0 Å². The molecule has 1 aliphatic carbocycles. The molecule has 348 valence electrons. The summed E-state index contributed by atoms with van der Waals surface area (Å²) >= 11 is 4.81. The summed E-state index contributed by atoms with van der Waals surface area (Å²) in [6, 6.07) is 58.7. The lowest BCUT2D eigenvalue weighted by Crippen LogP contribution is -2.20. The molecule has 1 aliphatic rings. The van der Waals surface area contributed by atoms with Crippen molar-refractivity contribution in [3.05, 3.63) is 185 Å². The van der Waals surface area contributed by atoms with Crippen molar-refractivity contribution >= 4 is 44.9 Å². The SMILES string of the molecule is CCC1(C)c2cc(-c3cc(C(C)(C)C)cc(C(C)(C)C)c3)cc3c4ccc(-c5cccc(-c6cccc(-c7ccccc7S)c6)c5)cc4c4cc(-c5cc(C(C)(C)C)cc(C(C)(C)C)c5)cc1c4c23. The van der Waals surface area contributed by atoms with E-state index in [1.54, 1.807) is 0 Å². The van der Waals surface area contributed by atoms with Gasteiger partial charge in [-0.15, -0.1) is 12.6 Å². The molecule has 1 heteroatoms. The highest BCUT2D eigenvalue weighted by molar-refractivity contribution is 7.80. The molecule has 0 heterocycles. The average Bonchev–Trinajstić information content (AvgIpc) is 3.57. The van der Waals surface area contributed by atoms with Crippen LogP contribution in [0.2, 0.25) is 0 Å². The molecule has 9 aromatic carbocycles. The fourth-order valence-corrected chi connectivity index (χ4v) is 11.2. The lowest BCUT2D eigenvalue weighted by Gasteiger charge is -2.29. The molecule has 10 rings (SSSR count). The number of hydrogen-bond donors (Lipinski definition) is 1. The van der Waals surface area contributed by atoms with Gasteiger partial charge in [-0.3, -0.25) is 0 Å². The minimum absolute atomic E-state index is 0.00601. The summed E-state index contributed by atoms with van der Waals surface area (Å²) in [5.41, 5.74) is 20.6. The van der Waals surface area contributed by atoms with Crippen molar-refractivity contribution in [2.75, 3.05) is 0 Å². The number of rotatable bonds is 6. The molecule has 0 fully saturated rings. The Morgan fingerprint density at radius 1 is 0.348 bits per heavy atom. The van der Waals surface area contributed by atoms with Crippen LogP contribution >= 0.6 is 12.6 Å². The van der Waals surface area contributed by atoms with Gasteiger partial charge in [-0.05, 0) is 198 Å². The predicted molar refractivity (Wildman–Crippen MR) is 305 cm³/mol. The summed E-state index contributed by atoms with van der Waals surface area (Å²) in [5.74, 6) is 0. The molecule has 1 unspecified atom stereocenters. The van der Waals surface area contributed by atoms with Crippen molar-refractivity contribution in [3.63, 3.8) is 0 Å². The highest BCUT2D eigenvalue weighted by Gasteiger charge is 2.39. The van der Waals surface area contributed by atoms with Gasteiger partial charge in [-0.25, -0.2) is 0 Å². The first-order valence-electron chi connectivity index (χ1n) is 25.3. The van der Waals surface area contributed by atoms with E-state index in [9.17, 15) is 0 Å². The first kappa shape index (κ1) is 46.8. The lowest BCUT2D eigenvalue weighted by molar-refractivity contribution is 0.566. The number of hydrogen-bond acceptors (Lipinski definition) is 1. The third-order valence-electron chi connectivity index (χ3n) is 15.6. The molecular weight excluding hydrogens is 849 g/mol. The maximum absolute atomic E-state index is 4.81. The minimum atomic E-state index is -0.190. The summed E-state index contributed by atoms with van der Waals surface area (Å²) in [6.07, 6.45) is 0.999. The molecule has 0 spiro atoms. The zero-order valence-electron chi connectivity index (χ0n) is 43.6. The molecule has 0 aliphatic heterocycles. The molecule has 69 heavy (non-hydrogen) atoms. The van der Waals surface area contributed by atoms with Crippen LogP contribution in [0.15, 0.2) is 157 Å². The van der Waals surface area contributed by atoms with Crippen LogP contribution in [-0.4, -0.2) is 0 Å². The van der Waals surface area contributed by atoms with E-state index < -0.39 is 0 Å². The van der Waals surface area contributed by atoms with Gasteiger partial charge in [0.15, 0.2) is 0 Å². The van der Waals surface area contributed by atoms with Crippen LogP contribution in [0.25, 0.3) is 88.0 Å². The molecule has 0 nitrogen and oxygen atoms in total. The second-order valence-electron chi connectivity index (χ2n) is 24.6. The maximum atomic E-state index is 4.81. The zero-order chi connectivity index (χ0) is 49.2. The van der Waals surface area contributed by atoms with Gasteiger partial charge >= 0.3 is 0 Å². The Labute approximate surface area is 418 Å². The van der Waals surface area contributed by atoms with Gasteiger partial charge < -0.3 is 0 Å². The van der Waals surface area contributed by atoms with Crippen LogP contribution in [-0.2, 0) is 27.1 Å². The molecule has 0 saturated heterocycles. The van der Waals surface area contributed by atoms with Crippen LogP contribution in [0.3, 0.4) is 0 Å². The highest BCUT2D eigenvalue weighted by atomic mass is 32.1. The standard InChI is InChI=1S/C68H70S/c1-15-68(14)59-37-48(46-30-50(64(2,3)4)39-51(31-46)65(5,6)7)35-57-55-27-26-44(42-21-18-20-41(28-42)43-22-19-23-45(29-43)54-24-16-17-25-61(54)69)34-56(55)58-36-49(38-60(68)63(58)62(57)59)47-32-52(66(8,9)10)40-53(33-47)67(11,12)13/h16-40,69H,15H2,1-14H3. The Balaban J connectivity index is 1.26. The van der Waals surface area contributed by atoms with Gasteiger partial charge in [0.25, 0.3) is 0 Å². The van der Waals surface area contributed by atoms with Gasteiger partial charge in [-0.2, -0.15) is 0 Å². The summed E-state index contributed by atoms with van der Waals surface area (Å²) < 4.78 is 0. The van der Waals surface area contributed by atoms with Crippen molar-refractivity contribution in [2.45, 2.75) is 135 Å². The van der Waals surface area contributed by atoms with Gasteiger partial charge in [0.05, 0.1) is 0 Å². The van der Waals surface area contributed by atoms with Crippen LogP contribution in [0.5, 0.6) is 0 Å². The van der Waals surface area contributed by atoms with Crippen LogP contribution in [0.1, 0.15) is 137 Å². The van der Waals surface area contributed by atoms with Crippen LogP contribution in [0, 0.1) is 0 Å². The minimum Gasteiger partial charge on any atom is -0.143 e. The lowest BCUT2D eigenvalue weighted by atomic mass is 9.75. The quantitative estimate of drug-likeness (QED) is 0.125. The molecule has 0 bridgehead atoms. The Hall–Kier alpha value is -5.89. The summed E-state index contributed by atoms with van der Waals surface area (Å²) in [5, 5.41) is 8.15. The third kappa shape index (κ3) is 8.23. The van der Waals surface area contributed by atoms with E-state index in [1.165, 1.54) is 116 Å². The predicted octanol–water partition coefficient (Wildman–Crippen LogP) is 20.0. The summed E-state index contributed by atoms with van der Waals surface area (Å²) in [4.78, 5) is 0.984. The monoisotopic (exact) mass is 919 g/mol. The molecule has 0 N–H and O–H groups in total. The molecule has 1 atom stereocenters. The van der Waals surface area contributed by atoms with E-state index in [0.717, 1.165) is 16.9 Å². The van der Waals surface area contributed by atoms with Gasteiger partial charge in [0.1, 0.15) is 0 Å². The largest absolute Gasteiger partial charge is 0.143 e. The van der Waals surface area contributed by atoms with Crippen molar-refractivity contribution in [1.29, 1.82) is 0 Å². The molecule has 0 aromatic heterocycles. The second-order valence-corrected chi connectivity index (χ2v) is 25.1. The molecule has 0 radical (unpaired) electrons. The Kier molecular flexibility index (Phi) is 11.1. The summed E-state index contributed by atoms with van der Waals surface area (Å²) in [7, 11) is 0. The van der Waals surface area contributed by atoms with E-state index in [1.807, 2.05) is 6.07 Å². The van der Waals surface area contributed by atoms with Gasteiger partial charge in [0, 0.05) is 10.3 Å². The fraction of sp³-hybridized carbons (Fsp3) is 0.294. The van der Waals surface area contributed by atoms with Crippen molar-refractivity contribution < 1.29 is 0 Å². The average molecular weight is 919 g/mol. The van der Waals surface area contributed by atoms with E-state index in [-0.39, 0.29) is 27.1 Å². The highest BCUT2D eigenvalue weighted by Crippen LogP contribution is 2.56. The van der Waals surface area contributed by atoms with Crippen molar-refractivity contribution in [2.24, 2.45) is 0 Å². The van der Waals surface area contributed by atoms with Crippen molar-refractivity contribution in [3.8, 4) is 55.6 Å². The molecule has 0 amide bonds. The fourth-order valence-electron chi connectivity index (χ4n) is 10.9. The van der Waals surface area contributed by atoms with E-state index in [4.69, 9.17) is 12.6 Å². The first-order valence-corrected chi connectivity index (χ1v) is 25.7.